The van der Waals surface area contributed by atoms with Crippen LogP contribution < -0.4 is 16.8 Å². The standard InChI is InChI=1S/C13H19N3O3/c14-7-1-2-12(18)16-11(13(15)19)8-9-3-5-10(17)6-4-9/h3-6,11,17H,1-2,7-8,14H2,(H2,15,19)(H,16,18). The van der Waals surface area contributed by atoms with Gasteiger partial charge < -0.3 is 21.9 Å². The van der Waals surface area contributed by atoms with Crippen molar-refractivity contribution >= 4 is 11.8 Å². The highest BCUT2D eigenvalue weighted by Crippen LogP contribution is 2.11. The van der Waals surface area contributed by atoms with E-state index in [1.807, 2.05) is 0 Å². The van der Waals surface area contributed by atoms with Gasteiger partial charge in [0.1, 0.15) is 11.8 Å². The molecule has 1 unspecified atom stereocenters. The second kappa shape index (κ2) is 7.38. The minimum Gasteiger partial charge on any atom is -0.508 e. The third kappa shape index (κ3) is 5.39. The molecule has 0 aliphatic heterocycles. The molecule has 0 heterocycles. The topological polar surface area (TPSA) is 118 Å². The summed E-state index contributed by atoms with van der Waals surface area (Å²) in [5.74, 6) is -0.687. The third-order valence-corrected chi connectivity index (χ3v) is 2.66. The Morgan fingerprint density at radius 3 is 2.42 bits per heavy atom. The SMILES string of the molecule is NCCCC(=O)NC(Cc1ccc(O)cc1)C(N)=O. The molecule has 0 radical (unpaired) electrons. The van der Waals surface area contributed by atoms with Crippen molar-refractivity contribution in [2.24, 2.45) is 11.5 Å². The van der Waals surface area contributed by atoms with Crippen LogP contribution in [0.5, 0.6) is 5.75 Å². The second-order valence-electron chi connectivity index (χ2n) is 4.29. The van der Waals surface area contributed by atoms with Crippen molar-refractivity contribution in [1.82, 2.24) is 5.32 Å². The maximum absolute atomic E-state index is 11.5. The molecular formula is C13H19N3O3. The number of phenols is 1. The van der Waals surface area contributed by atoms with Gasteiger partial charge in [-0.15, -0.1) is 0 Å². The number of amides is 2. The van der Waals surface area contributed by atoms with Crippen LogP contribution in [0, 0.1) is 0 Å². The molecule has 19 heavy (non-hydrogen) atoms. The lowest BCUT2D eigenvalue weighted by Gasteiger charge is -2.15. The molecule has 0 aliphatic rings. The summed E-state index contributed by atoms with van der Waals surface area (Å²) in [6.07, 6.45) is 1.14. The molecule has 1 rings (SSSR count). The molecule has 6 N–H and O–H groups in total. The smallest absolute Gasteiger partial charge is 0.240 e. The highest BCUT2D eigenvalue weighted by atomic mass is 16.3. The Kier molecular flexibility index (Phi) is 5.81. The molecule has 0 aromatic heterocycles. The van der Waals surface area contributed by atoms with E-state index in [0.717, 1.165) is 5.56 Å². The Morgan fingerprint density at radius 2 is 1.89 bits per heavy atom. The summed E-state index contributed by atoms with van der Waals surface area (Å²) >= 11 is 0. The molecule has 1 aromatic carbocycles. The van der Waals surface area contributed by atoms with Crippen molar-refractivity contribution < 1.29 is 14.7 Å². The first-order valence-corrected chi connectivity index (χ1v) is 6.09. The summed E-state index contributed by atoms with van der Waals surface area (Å²) in [6, 6.07) is 5.64. The molecule has 0 spiro atoms. The van der Waals surface area contributed by atoms with E-state index in [4.69, 9.17) is 16.6 Å². The predicted octanol–water partition coefficient (Wildman–Crippen LogP) is -0.356. The van der Waals surface area contributed by atoms with E-state index in [-0.39, 0.29) is 18.1 Å². The number of rotatable bonds is 7. The lowest BCUT2D eigenvalue weighted by molar-refractivity contribution is -0.127. The van der Waals surface area contributed by atoms with Gasteiger partial charge >= 0.3 is 0 Å². The maximum atomic E-state index is 11.5. The largest absolute Gasteiger partial charge is 0.508 e. The minimum absolute atomic E-state index is 0.145. The van der Waals surface area contributed by atoms with Crippen molar-refractivity contribution in [2.45, 2.75) is 25.3 Å². The second-order valence-corrected chi connectivity index (χ2v) is 4.29. The molecule has 1 atom stereocenters. The van der Waals surface area contributed by atoms with Gasteiger partial charge in [-0.3, -0.25) is 9.59 Å². The van der Waals surface area contributed by atoms with Gasteiger partial charge in [0.05, 0.1) is 0 Å². The van der Waals surface area contributed by atoms with Crippen LogP contribution in [0.2, 0.25) is 0 Å². The minimum atomic E-state index is -0.755. The van der Waals surface area contributed by atoms with Gasteiger partial charge in [-0.1, -0.05) is 12.1 Å². The van der Waals surface area contributed by atoms with Crippen molar-refractivity contribution in [1.29, 1.82) is 0 Å². The number of carbonyl (C=O) groups is 2. The summed E-state index contributed by atoms with van der Waals surface area (Å²) < 4.78 is 0. The molecule has 6 nitrogen and oxygen atoms in total. The summed E-state index contributed by atoms with van der Waals surface area (Å²) in [4.78, 5) is 22.9. The molecule has 2 amide bonds. The average Bonchev–Trinajstić information content (AvgIpc) is 2.38. The van der Waals surface area contributed by atoms with Gasteiger partial charge in [-0.25, -0.2) is 0 Å². The first-order valence-electron chi connectivity index (χ1n) is 6.09. The lowest BCUT2D eigenvalue weighted by atomic mass is 10.0. The van der Waals surface area contributed by atoms with Crippen molar-refractivity contribution in [2.75, 3.05) is 6.54 Å². The number of phenolic OH excluding ortho intramolecular Hbond substituents is 1. The van der Waals surface area contributed by atoms with Gasteiger partial charge in [-0.2, -0.15) is 0 Å². The fourth-order valence-electron chi connectivity index (χ4n) is 1.62. The van der Waals surface area contributed by atoms with Crippen LogP contribution in [0.25, 0.3) is 0 Å². The zero-order valence-electron chi connectivity index (χ0n) is 10.6. The van der Waals surface area contributed by atoms with Crippen molar-refractivity contribution in [3.63, 3.8) is 0 Å². The molecule has 0 saturated heterocycles. The molecule has 0 aliphatic carbocycles. The molecule has 1 aromatic rings. The molecular weight excluding hydrogens is 246 g/mol. The van der Waals surface area contributed by atoms with E-state index in [2.05, 4.69) is 5.32 Å². The van der Waals surface area contributed by atoms with Gasteiger partial charge in [0, 0.05) is 12.8 Å². The monoisotopic (exact) mass is 265 g/mol. The Hall–Kier alpha value is -2.08. The Morgan fingerprint density at radius 1 is 1.26 bits per heavy atom. The van der Waals surface area contributed by atoms with E-state index in [9.17, 15) is 9.59 Å². The Bertz CT molecular complexity index is 431. The van der Waals surface area contributed by atoms with Crippen LogP contribution >= 0.6 is 0 Å². The maximum Gasteiger partial charge on any atom is 0.240 e. The van der Waals surface area contributed by atoms with Crippen LogP contribution in [0.1, 0.15) is 18.4 Å². The zero-order chi connectivity index (χ0) is 14.3. The van der Waals surface area contributed by atoms with Gasteiger partial charge in [0.15, 0.2) is 0 Å². The Balaban J connectivity index is 2.60. The molecule has 0 fully saturated rings. The number of aromatic hydroxyl groups is 1. The fourth-order valence-corrected chi connectivity index (χ4v) is 1.62. The van der Waals surface area contributed by atoms with E-state index in [1.165, 1.54) is 12.1 Å². The number of benzene rings is 1. The zero-order valence-corrected chi connectivity index (χ0v) is 10.6. The summed E-state index contributed by atoms with van der Waals surface area (Å²) in [5, 5.41) is 11.8. The highest BCUT2D eigenvalue weighted by Gasteiger charge is 2.18. The van der Waals surface area contributed by atoms with E-state index in [0.29, 0.717) is 19.4 Å². The first kappa shape index (κ1) is 15.0. The van der Waals surface area contributed by atoms with Crippen molar-refractivity contribution in [3.05, 3.63) is 29.8 Å². The van der Waals surface area contributed by atoms with Crippen LogP contribution in [0.4, 0.5) is 0 Å². The fraction of sp³-hybridized carbons (Fsp3) is 0.385. The van der Waals surface area contributed by atoms with E-state index < -0.39 is 11.9 Å². The van der Waals surface area contributed by atoms with Crippen LogP contribution in [0.3, 0.4) is 0 Å². The molecule has 0 saturated carbocycles. The Labute approximate surface area is 111 Å². The number of nitrogens with two attached hydrogens (primary N) is 2. The third-order valence-electron chi connectivity index (χ3n) is 2.66. The summed E-state index contributed by atoms with van der Waals surface area (Å²) in [6.45, 7) is 0.423. The quantitative estimate of drug-likeness (QED) is 0.538. The van der Waals surface area contributed by atoms with Crippen LogP contribution in [-0.4, -0.2) is 29.5 Å². The molecule has 6 heteroatoms. The number of primary amides is 1. The predicted molar refractivity (Wildman–Crippen MR) is 71.2 cm³/mol. The lowest BCUT2D eigenvalue weighted by Crippen LogP contribution is -2.45. The first-order chi connectivity index (χ1) is 9.02. The molecule has 0 bridgehead atoms. The van der Waals surface area contributed by atoms with E-state index >= 15 is 0 Å². The van der Waals surface area contributed by atoms with E-state index in [1.54, 1.807) is 12.1 Å². The number of nitrogens with one attached hydrogen (secondary N) is 1. The normalized spacial score (nSPS) is 11.8. The van der Waals surface area contributed by atoms with Gasteiger partial charge in [0.2, 0.25) is 11.8 Å². The van der Waals surface area contributed by atoms with Gasteiger partial charge in [0.25, 0.3) is 0 Å². The van der Waals surface area contributed by atoms with Gasteiger partial charge in [-0.05, 0) is 30.7 Å². The van der Waals surface area contributed by atoms with Crippen molar-refractivity contribution in [3.8, 4) is 5.75 Å². The highest BCUT2D eigenvalue weighted by molar-refractivity contribution is 5.86. The average molecular weight is 265 g/mol. The van der Waals surface area contributed by atoms with Crippen LogP contribution in [0.15, 0.2) is 24.3 Å². The number of hydrogen-bond donors (Lipinski definition) is 4. The number of carbonyl (C=O) groups excluding carboxylic acids is 2. The molecule has 104 valence electrons. The summed E-state index contributed by atoms with van der Waals surface area (Å²) in [5.41, 5.74) is 11.4. The van der Waals surface area contributed by atoms with Crippen LogP contribution in [-0.2, 0) is 16.0 Å². The summed E-state index contributed by atoms with van der Waals surface area (Å²) in [7, 11) is 0. The number of hydrogen-bond acceptors (Lipinski definition) is 4.